The molecule has 0 aromatic carbocycles. The van der Waals surface area contributed by atoms with Gasteiger partial charge >= 0.3 is 17.9 Å². The highest BCUT2D eigenvalue weighted by atomic mass is 16.7. The second-order valence-electron chi connectivity index (χ2n) is 10.1. The Kier molecular flexibility index (Phi) is 18.3. The largest absolute Gasteiger partial charge is 0.463 e. The van der Waals surface area contributed by atoms with Crippen LogP contribution < -0.4 is 5.32 Å². The van der Waals surface area contributed by atoms with Crippen LogP contribution >= 0.6 is 0 Å². The normalized spacial score (nSPS) is 23.4. The van der Waals surface area contributed by atoms with Gasteiger partial charge in [0.25, 0.3) is 0 Å². The van der Waals surface area contributed by atoms with Gasteiger partial charge in [0.05, 0.1) is 6.04 Å². The predicted octanol–water partition coefficient (Wildman–Crippen LogP) is 4.57. The SMILES string of the molecule is CCCCCCCCCCCCCCCCN[C@@H]1[C@@H](OC(C)=O)[C@H](OC(C)=O)[C@@H](COC(C)=O)O[C@H]1O. The Bertz CT molecular complexity index is 644. The molecule has 0 aliphatic carbocycles. The van der Waals surface area contributed by atoms with Crippen LogP contribution in [0.4, 0.5) is 0 Å². The number of carbonyl (C=O) groups is 3. The Morgan fingerprint density at radius 3 is 1.62 bits per heavy atom. The molecule has 0 aromatic heterocycles. The molecule has 2 N–H and O–H groups in total. The van der Waals surface area contributed by atoms with E-state index in [0.29, 0.717) is 6.54 Å². The summed E-state index contributed by atoms with van der Waals surface area (Å²) in [6.45, 7) is 6.32. The number of hydrogen-bond acceptors (Lipinski definition) is 9. The molecule has 216 valence electrons. The first-order valence-electron chi connectivity index (χ1n) is 14.3. The van der Waals surface area contributed by atoms with E-state index in [-0.39, 0.29) is 6.61 Å². The van der Waals surface area contributed by atoms with Gasteiger partial charge in [-0.25, -0.2) is 0 Å². The Labute approximate surface area is 223 Å². The lowest BCUT2D eigenvalue weighted by Crippen LogP contribution is -2.65. The van der Waals surface area contributed by atoms with Crippen LogP contribution in [0.25, 0.3) is 0 Å². The van der Waals surface area contributed by atoms with Crippen molar-refractivity contribution in [1.82, 2.24) is 5.32 Å². The molecule has 0 bridgehead atoms. The Morgan fingerprint density at radius 1 is 0.703 bits per heavy atom. The third kappa shape index (κ3) is 15.3. The number of carbonyl (C=O) groups excluding carboxylic acids is 3. The molecule has 1 aliphatic heterocycles. The molecule has 9 nitrogen and oxygen atoms in total. The van der Waals surface area contributed by atoms with E-state index >= 15 is 0 Å². The van der Waals surface area contributed by atoms with Crippen molar-refractivity contribution in [1.29, 1.82) is 0 Å². The Morgan fingerprint density at radius 2 is 1.16 bits per heavy atom. The van der Waals surface area contributed by atoms with Crippen LogP contribution in [0.2, 0.25) is 0 Å². The minimum absolute atomic E-state index is 0.242. The molecule has 0 saturated carbocycles. The fourth-order valence-corrected chi connectivity index (χ4v) is 4.72. The van der Waals surface area contributed by atoms with Gasteiger partial charge < -0.3 is 29.4 Å². The maximum absolute atomic E-state index is 11.8. The molecule has 1 heterocycles. The van der Waals surface area contributed by atoms with E-state index in [1.165, 1.54) is 91.4 Å². The van der Waals surface area contributed by atoms with Crippen molar-refractivity contribution in [3.63, 3.8) is 0 Å². The standard InChI is InChI=1S/C28H51NO8/c1-5-6-7-8-9-10-11-12-13-14-15-16-17-18-19-29-25-27(36-23(4)32)26(35-22(3)31)24(37-28(25)33)20-34-21(2)30/h24-29,33H,5-20H2,1-4H3/t24-,25-,26-,27-,28-/m1/s1. The van der Waals surface area contributed by atoms with Gasteiger partial charge in [0.15, 0.2) is 18.5 Å². The molecule has 1 saturated heterocycles. The Hall–Kier alpha value is -1.71. The molecular formula is C28H51NO8. The van der Waals surface area contributed by atoms with Crippen LogP contribution in [0.3, 0.4) is 0 Å². The fraction of sp³-hybridized carbons (Fsp3) is 0.893. The van der Waals surface area contributed by atoms with E-state index in [2.05, 4.69) is 12.2 Å². The lowest BCUT2D eigenvalue weighted by Gasteiger charge is -2.43. The highest BCUT2D eigenvalue weighted by Gasteiger charge is 2.49. The van der Waals surface area contributed by atoms with E-state index < -0.39 is 48.6 Å². The minimum Gasteiger partial charge on any atom is -0.463 e. The lowest BCUT2D eigenvalue weighted by molar-refractivity contribution is -0.265. The van der Waals surface area contributed by atoms with Crippen LogP contribution in [0, 0.1) is 0 Å². The molecule has 1 aliphatic rings. The first-order chi connectivity index (χ1) is 17.8. The first kappa shape index (κ1) is 33.3. The third-order valence-corrected chi connectivity index (χ3v) is 6.63. The van der Waals surface area contributed by atoms with Crippen molar-refractivity contribution in [2.45, 2.75) is 148 Å². The summed E-state index contributed by atoms with van der Waals surface area (Å²) in [5.74, 6) is -1.71. The van der Waals surface area contributed by atoms with Crippen LogP contribution in [0.1, 0.15) is 118 Å². The van der Waals surface area contributed by atoms with Crippen LogP contribution in [0.15, 0.2) is 0 Å². The summed E-state index contributed by atoms with van der Waals surface area (Å²) in [7, 11) is 0. The van der Waals surface area contributed by atoms with E-state index in [9.17, 15) is 19.5 Å². The average molecular weight is 530 g/mol. The predicted molar refractivity (Wildman–Crippen MR) is 141 cm³/mol. The highest BCUT2D eigenvalue weighted by molar-refractivity contribution is 5.68. The number of aliphatic hydroxyl groups is 1. The zero-order chi connectivity index (χ0) is 27.5. The molecule has 1 fully saturated rings. The average Bonchev–Trinajstić information content (AvgIpc) is 2.83. The quantitative estimate of drug-likeness (QED) is 0.133. The smallest absolute Gasteiger partial charge is 0.303 e. The molecule has 37 heavy (non-hydrogen) atoms. The maximum atomic E-state index is 11.8. The lowest BCUT2D eigenvalue weighted by atomic mass is 9.96. The van der Waals surface area contributed by atoms with E-state index in [4.69, 9.17) is 18.9 Å². The van der Waals surface area contributed by atoms with Crippen LogP contribution in [0.5, 0.6) is 0 Å². The van der Waals surface area contributed by atoms with Gasteiger partial charge in [-0.15, -0.1) is 0 Å². The van der Waals surface area contributed by atoms with Gasteiger partial charge in [0.2, 0.25) is 0 Å². The van der Waals surface area contributed by atoms with Crippen molar-refractivity contribution < 1.29 is 38.4 Å². The molecule has 0 unspecified atom stereocenters. The Balaban J connectivity index is 2.36. The number of unbranched alkanes of at least 4 members (excludes halogenated alkanes) is 13. The summed E-state index contributed by atoms with van der Waals surface area (Å²) in [4.78, 5) is 34.7. The van der Waals surface area contributed by atoms with Crippen molar-refractivity contribution in [2.24, 2.45) is 0 Å². The second-order valence-corrected chi connectivity index (χ2v) is 10.1. The van der Waals surface area contributed by atoms with Crippen molar-refractivity contribution in [2.75, 3.05) is 13.2 Å². The first-order valence-corrected chi connectivity index (χ1v) is 14.3. The third-order valence-electron chi connectivity index (χ3n) is 6.63. The number of ether oxygens (including phenoxy) is 4. The number of hydrogen-bond donors (Lipinski definition) is 2. The van der Waals surface area contributed by atoms with Gasteiger partial charge in [-0.1, -0.05) is 90.4 Å². The van der Waals surface area contributed by atoms with Gasteiger partial charge in [0, 0.05) is 20.8 Å². The number of rotatable bonds is 20. The maximum Gasteiger partial charge on any atom is 0.303 e. The second kappa shape index (κ2) is 20.3. The van der Waals surface area contributed by atoms with E-state index in [0.717, 1.165) is 19.3 Å². The molecule has 5 atom stereocenters. The summed E-state index contributed by atoms with van der Waals surface area (Å²) in [6.07, 6.45) is 13.4. The monoisotopic (exact) mass is 529 g/mol. The van der Waals surface area contributed by atoms with E-state index in [1.807, 2.05) is 0 Å². The number of esters is 3. The number of nitrogens with one attached hydrogen (secondary N) is 1. The fourth-order valence-electron chi connectivity index (χ4n) is 4.72. The summed E-state index contributed by atoms with van der Waals surface area (Å²) >= 11 is 0. The summed E-state index contributed by atoms with van der Waals surface area (Å²) in [5.41, 5.74) is 0. The van der Waals surface area contributed by atoms with Crippen molar-refractivity contribution in [3.8, 4) is 0 Å². The summed E-state index contributed by atoms with van der Waals surface area (Å²) in [5, 5.41) is 13.8. The molecule has 9 heteroatoms. The molecular weight excluding hydrogens is 478 g/mol. The summed E-state index contributed by atoms with van der Waals surface area (Å²) < 4.78 is 21.4. The van der Waals surface area contributed by atoms with Crippen LogP contribution in [-0.4, -0.2) is 66.8 Å². The van der Waals surface area contributed by atoms with Gasteiger partial charge in [-0.05, 0) is 13.0 Å². The zero-order valence-corrected chi connectivity index (χ0v) is 23.5. The molecule has 0 aromatic rings. The summed E-state index contributed by atoms with van der Waals surface area (Å²) in [6, 6.07) is -0.788. The van der Waals surface area contributed by atoms with Crippen molar-refractivity contribution in [3.05, 3.63) is 0 Å². The topological polar surface area (TPSA) is 120 Å². The number of aliphatic hydroxyl groups excluding tert-OH is 1. The van der Waals surface area contributed by atoms with Gasteiger partial charge in [-0.3, -0.25) is 14.4 Å². The molecule has 0 spiro atoms. The van der Waals surface area contributed by atoms with Gasteiger partial charge in [0.1, 0.15) is 12.7 Å². The van der Waals surface area contributed by atoms with Gasteiger partial charge in [-0.2, -0.15) is 0 Å². The molecule has 1 rings (SSSR count). The zero-order valence-electron chi connectivity index (χ0n) is 23.5. The van der Waals surface area contributed by atoms with Crippen LogP contribution in [-0.2, 0) is 33.3 Å². The molecule has 0 amide bonds. The molecule has 0 radical (unpaired) electrons. The minimum atomic E-state index is -1.33. The van der Waals surface area contributed by atoms with E-state index in [1.54, 1.807) is 0 Å². The highest BCUT2D eigenvalue weighted by Crippen LogP contribution is 2.26. The van der Waals surface area contributed by atoms with Crippen molar-refractivity contribution >= 4 is 17.9 Å².